The number of amides is 1. The highest BCUT2D eigenvalue weighted by Crippen LogP contribution is 2.18. The van der Waals surface area contributed by atoms with Crippen molar-refractivity contribution in [3.63, 3.8) is 0 Å². The number of nitrogens with zero attached hydrogens (tertiary/aromatic N) is 2. The molecule has 144 valence electrons. The summed E-state index contributed by atoms with van der Waals surface area (Å²) in [6, 6.07) is 16.0. The first-order chi connectivity index (χ1) is 13.6. The van der Waals surface area contributed by atoms with Gasteiger partial charge in [-0.15, -0.1) is 0 Å². The molecular weight excluding hydrogens is 374 g/mol. The van der Waals surface area contributed by atoms with Gasteiger partial charge in [-0.2, -0.15) is 0 Å². The molecule has 7 heteroatoms. The lowest BCUT2D eigenvalue weighted by atomic mass is 10.1. The van der Waals surface area contributed by atoms with E-state index in [0.717, 1.165) is 6.42 Å². The number of hydrogen-bond acceptors (Lipinski definition) is 5. The van der Waals surface area contributed by atoms with E-state index in [1.807, 2.05) is 25.1 Å². The van der Waals surface area contributed by atoms with Gasteiger partial charge in [0, 0.05) is 12.1 Å². The summed E-state index contributed by atoms with van der Waals surface area (Å²) in [5.41, 5.74) is 1.07. The van der Waals surface area contributed by atoms with Gasteiger partial charge in [-0.1, -0.05) is 61.2 Å². The van der Waals surface area contributed by atoms with Crippen molar-refractivity contribution < 1.29 is 9.59 Å². The Hall–Kier alpha value is -2.93. The van der Waals surface area contributed by atoms with Gasteiger partial charge < -0.3 is 5.32 Å². The highest BCUT2D eigenvalue weighted by atomic mass is 32.2. The third-order valence-electron chi connectivity index (χ3n) is 4.15. The van der Waals surface area contributed by atoms with Gasteiger partial charge in [-0.25, -0.2) is 4.98 Å². The van der Waals surface area contributed by atoms with E-state index in [2.05, 4.69) is 10.3 Å². The highest BCUT2D eigenvalue weighted by molar-refractivity contribution is 7.99. The quantitative estimate of drug-likeness (QED) is 0.360. The molecule has 6 nitrogen and oxygen atoms in total. The Morgan fingerprint density at radius 2 is 1.79 bits per heavy atom. The molecule has 3 aromatic rings. The van der Waals surface area contributed by atoms with Crippen molar-refractivity contribution in [2.45, 2.75) is 25.0 Å². The Balaban J connectivity index is 1.67. The zero-order chi connectivity index (χ0) is 19.9. The largest absolute Gasteiger partial charge is 0.348 e. The van der Waals surface area contributed by atoms with Crippen LogP contribution in [-0.4, -0.2) is 33.5 Å². The third kappa shape index (κ3) is 4.67. The summed E-state index contributed by atoms with van der Waals surface area (Å²) in [6.07, 6.45) is 0.783. The lowest BCUT2D eigenvalue weighted by Crippen LogP contribution is -2.31. The second kappa shape index (κ2) is 9.32. The average Bonchev–Trinajstić information content (AvgIpc) is 2.73. The number of para-hydroxylation sites is 1. The molecule has 1 aromatic heterocycles. The average molecular weight is 395 g/mol. The minimum atomic E-state index is -0.278. The number of rotatable bonds is 8. The Labute approximate surface area is 167 Å². The normalized spacial score (nSPS) is 10.8. The van der Waals surface area contributed by atoms with Gasteiger partial charge in [0.15, 0.2) is 10.9 Å². The van der Waals surface area contributed by atoms with Crippen molar-refractivity contribution in [1.29, 1.82) is 0 Å². The van der Waals surface area contributed by atoms with E-state index in [-0.39, 0.29) is 29.5 Å². The fourth-order valence-electron chi connectivity index (χ4n) is 2.76. The van der Waals surface area contributed by atoms with Gasteiger partial charge in [0.2, 0.25) is 5.91 Å². The van der Waals surface area contributed by atoms with Crippen molar-refractivity contribution >= 4 is 34.4 Å². The predicted octanol–water partition coefficient (Wildman–Crippen LogP) is 2.90. The minimum absolute atomic E-state index is 0.0592. The second-order valence-corrected chi connectivity index (χ2v) is 7.17. The summed E-state index contributed by atoms with van der Waals surface area (Å²) in [5.74, 6) is -0.346. The van der Waals surface area contributed by atoms with Crippen LogP contribution in [0.2, 0.25) is 0 Å². The molecule has 0 aliphatic carbocycles. The number of aromatic nitrogens is 2. The molecule has 1 heterocycles. The van der Waals surface area contributed by atoms with Crippen molar-refractivity contribution in [2.24, 2.45) is 0 Å². The van der Waals surface area contributed by atoms with E-state index in [9.17, 15) is 14.4 Å². The summed E-state index contributed by atoms with van der Waals surface area (Å²) in [4.78, 5) is 41.5. The van der Waals surface area contributed by atoms with Gasteiger partial charge in [-0.05, 0) is 18.6 Å². The van der Waals surface area contributed by atoms with Crippen LogP contribution in [-0.2, 0) is 11.3 Å². The molecule has 28 heavy (non-hydrogen) atoms. The first-order valence-electron chi connectivity index (χ1n) is 9.07. The van der Waals surface area contributed by atoms with E-state index >= 15 is 0 Å². The lowest BCUT2D eigenvalue weighted by Gasteiger charge is -2.12. The van der Waals surface area contributed by atoms with Crippen molar-refractivity contribution in [3.05, 3.63) is 70.5 Å². The van der Waals surface area contributed by atoms with Gasteiger partial charge in [0.25, 0.3) is 5.56 Å². The Kier molecular flexibility index (Phi) is 6.60. The number of ketones is 1. The molecule has 0 saturated carbocycles. The number of fused-ring (bicyclic) bond motifs is 1. The fourth-order valence-corrected chi connectivity index (χ4v) is 3.62. The van der Waals surface area contributed by atoms with Crippen LogP contribution in [0.4, 0.5) is 0 Å². The van der Waals surface area contributed by atoms with Crippen LogP contribution in [0.1, 0.15) is 23.7 Å². The fraction of sp³-hybridized carbons (Fsp3) is 0.238. The van der Waals surface area contributed by atoms with E-state index < -0.39 is 0 Å². The van der Waals surface area contributed by atoms with Gasteiger partial charge in [-0.3, -0.25) is 19.0 Å². The van der Waals surface area contributed by atoms with Crippen LogP contribution < -0.4 is 10.9 Å². The number of hydrogen-bond donors (Lipinski definition) is 1. The maximum absolute atomic E-state index is 12.7. The molecule has 0 spiro atoms. The van der Waals surface area contributed by atoms with Crippen molar-refractivity contribution in [3.8, 4) is 0 Å². The van der Waals surface area contributed by atoms with E-state index in [1.54, 1.807) is 41.0 Å². The Bertz CT molecular complexity index is 1050. The summed E-state index contributed by atoms with van der Waals surface area (Å²) in [6.45, 7) is 2.46. The molecule has 1 N–H and O–H groups in total. The molecule has 0 unspecified atom stereocenters. The monoisotopic (exact) mass is 395 g/mol. The molecule has 0 fully saturated rings. The van der Waals surface area contributed by atoms with Crippen LogP contribution in [0.5, 0.6) is 0 Å². The minimum Gasteiger partial charge on any atom is -0.348 e. The number of carbonyl (C=O) groups is 2. The lowest BCUT2D eigenvalue weighted by molar-refractivity contribution is -0.118. The van der Waals surface area contributed by atoms with Crippen LogP contribution in [0, 0.1) is 0 Å². The number of nitrogens with one attached hydrogen (secondary N) is 1. The maximum Gasteiger partial charge on any atom is 0.262 e. The standard InChI is InChI=1S/C21H21N3O3S/c1-2-12-24-20(27)16-10-6-7-11-17(16)23-21(24)28-14-19(26)22-13-18(25)15-8-4-3-5-9-15/h3-11H,2,12-14H2,1H3,(H,22,26). The highest BCUT2D eigenvalue weighted by Gasteiger charge is 2.13. The van der Waals surface area contributed by atoms with Crippen LogP contribution in [0.25, 0.3) is 10.9 Å². The van der Waals surface area contributed by atoms with E-state index in [4.69, 9.17) is 0 Å². The second-order valence-electron chi connectivity index (χ2n) is 6.22. The zero-order valence-corrected chi connectivity index (χ0v) is 16.4. The molecule has 0 atom stereocenters. The van der Waals surface area contributed by atoms with Crippen LogP contribution in [0.3, 0.4) is 0 Å². The van der Waals surface area contributed by atoms with Crippen LogP contribution in [0.15, 0.2) is 64.5 Å². The number of thioether (sulfide) groups is 1. The van der Waals surface area contributed by atoms with Crippen molar-refractivity contribution in [1.82, 2.24) is 14.9 Å². The maximum atomic E-state index is 12.7. The molecular formula is C21H21N3O3S. The van der Waals surface area contributed by atoms with Gasteiger partial charge >= 0.3 is 0 Å². The molecule has 0 aliphatic heterocycles. The van der Waals surface area contributed by atoms with Crippen LogP contribution >= 0.6 is 11.8 Å². The molecule has 1 amide bonds. The molecule has 0 radical (unpaired) electrons. The number of carbonyl (C=O) groups excluding carboxylic acids is 2. The van der Waals surface area contributed by atoms with E-state index in [0.29, 0.717) is 28.2 Å². The summed E-state index contributed by atoms with van der Waals surface area (Å²) in [7, 11) is 0. The first kappa shape index (κ1) is 19.8. The first-order valence-corrected chi connectivity index (χ1v) is 10.1. The van der Waals surface area contributed by atoms with Gasteiger partial charge in [0.1, 0.15) is 0 Å². The Morgan fingerprint density at radius 1 is 1.07 bits per heavy atom. The molecule has 3 rings (SSSR count). The molecule has 0 saturated heterocycles. The summed E-state index contributed by atoms with van der Waals surface area (Å²) in [5, 5.41) is 3.71. The number of benzene rings is 2. The van der Waals surface area contributed by atoms with Gasteiger partial charge in [0.05, 0.1) is 23.2 Å². The molecule has 0 bridgehead atoms. The molecule has 2 aromatic carbocycles. The summed E-state index contributed by atoms with van der Waals surface area (Å²) < 4.78 is 1.61. The number of Topliss-reactive ketones (excluding diaryl/α,β-unsaturated/α-hetero) is 1. The zero-order valence-electron chi connectivity index (χ0n) is 15.6. The third-order valence-corrected chi connectivity index (χ3v) is 5.12. The summed E-state index contributed by atoms with van der Waals surface area (Å²) >= 11 is 1.20. The smallest absolute Gasteiger partial charge is 0.262 e. The molecule has 0 aliphatic rings. The topological polar surface area (TPSA) is 81.1 Å². The van der Waals surface area contributed by atoms with E-state index in [1.165, 1.54) is 11.8 Å². The SMILES string of the molecule is CCCn1c(SCC(=O)NCC(=O)c2ccccc2)nc2ccccc2c1=O. The predicted molar refractivity (Wildman–Crippen MR) is 111 cm³/mol. The van der Waals surface area contributed by atoms with Crippen molar-refractivity contribution in [2.75, 3.05) is 12.3 Å². The Morgan fingerprint density at radius 3 is 2.54 bits per heavy atom.